The molecular weight excluding hydrogens is 204 g/mol. The van der Waals surface area contributed by atoms with Gasteiger partial charge < -0.3 is 0 Å². The summed E-state index contributed by atoms with van der Waals surface area (Å²) < 4.78 is 1.07. The Morgan fingerprint density at radius 3 is 3.18 bits per heavy atom. The summed E-state index contributed by atoms with van der Waals surface area (Å²) in [6, 6.07) is 0. The van der Waals surface area contributed by atoms with Gasteiger partial charge in [0.05, 0.1) is 17.1 Å². The average molecular weight is 211 g/mol. The van der Waals surface area contributed by atoms with E-state index in [1.54, 1.807) is 6.20 Å². The molecule has 0 atom stereocenters. The van der Waals surface area contributed by atoms with Crippen molar-refractivity contribution in [3.63, 3.8) is 0 Å². The third-order valence-corrected chi connectivity index (χ3v) is 2.37. The summed E-state index contributed by atoms with van der Waals surface area (Å²) in [5.41, 5.74) is 3.04. The molecule has 1 aromatic heterocycles. The van der Waals surface area contributed by atoms with E-state index in [-0.39, 0.29) is 0 Å². The van der Waals surface area contributed by atoms with Crippen LogP contribution in [0.15, 0.2) is 12.3 Å². The van der Waals surface area contributed by atoms with Gasteiger partial charge in [-0.15, -0.1) is 0 Å². The molecule has 2 rings (SSSR count). The van der Waals surface area contributed by atoms with Crippen LogP contribution in [0.25, 0.3) is 4.48 Å². The Balaban J connectivity index is 2.60. The Hall–Kier alpha value is -0.700. The molecule has 1 aliphatic rings. The average Bonchev–Trinajstić information content (AvgIpc) is 2.33. The van der Waals surface area contributed by atoms with Gasteiger partial charge in [0.1, 0.15) is 0 Å². The third kappa shape index (κ3) is 1.09. The van der Waals surface area contributed by atoms with Gasteiger partial charge >= 0.3 is 0 Å². The molecule has 0 amide bonds. The standard InChI is InChI=1S/C8H7BrN2/c1-5-4-10-7-3-2-6(9)8(7)11-5/h2,4H,3H2,1H3. The van der Waals surface area contributed by atoms with Gasteiger partial charge in [0.25, 0.3) is 0 Å². The second kappa shape index (κ2) is 2.41. The molecular formula is C8H7BrN2. The van der Waals surface area contributed by atoms with Crippen molar-refractivity contribution in [2.24, 2.45) is 0 Å². The van der Waals surface area contributed by atoms with Crippen LogP contribution in [0.5, 0.6) is 0 Å². The molecule has 0 radical (unpaired) electrons. The molecule has 3 heteroatoms. The van der Waals surface area contributed by atoms with E-state index < -0.39 is 0 Å². The van der Waals surface area contributed by atoms with Crippen molar-refractivity contribution in [3.05, 3.63) is 29.4 Å². The second-order valence-corrected chi connectivity index (χ2v) is 3.42. The van der Waals surface area contributed by atoms with Gasteiger partial charge in [0, 0.05) is 17.1 Å². The van der Waals surface area contributed by atoms with Crippen LogP contribution < -0.4 is 0 Å². The fraction of sp³-hybridized carbons (Fsp3) is 0.250. The molecule has 1 aromatic rings. The molecule has 0 N–H and O–H groups in total. The largest absolute Gasteiger partial charge is 0.257 e. The zero-order valence-electron chi connectivity index (χ0n) is 6.13. The minimum atomic E-state index is 0.906. The van der Waals surface area contributed by atoms with Crippen molar-refractivity contribution in [1.82, 2.24) is 9.97 Å². The summed E-state index contributed by atoms with van der Waals surface area (Å²) in [7, 11) is 0. The quantitative estimate of drug-likeness (QED) is 0.656. The van der Waals surface area contributed by atoms with E-state index in [1.165, 1.54) is 0 Å². The minimum absolute atomic E-state index is 0.906. The number of aromatic nitrogens is 2. The van der Waals surface area contributed by atoms with Crippen molar-refractivity contribution in [2.45, 2.75) is 13.3 Å². The molecule has 0 bridgehead atoms. The first-order chi connectivity index (χ1) is 5.27. The van der Waals surface area contributed by atoms with Crippen LogP contribution in [-0.2, 0) is 6.42 Å². The number of aryl methyl sites for hydroxylation is 1. The van der Waals surface area contributed by atoms with E-state index in [2.05, 4.69) is 32.0 Å². The van der Waals surface area contributed by atoms with Crippen molar-refractivity contribution in [3.8, 4) is 0 Å². The number of halogens is 1. The molecule has 2 nitrogen and oxygen atoms in total. The van der Waals surface area contributed by atoms with Gasteiger partial charge in [0.2, 0.25) is 0 Å². The van der Waals surface area contributed by atoms with Gasteiger partial charge in [-0.3, -0.25) is 4.98 Å². The number of allylic oxidation sites excluding steroid dienone is 1. The van der Waals surface area contributed by atoms with E-state index >= 15 is 0 Å². The smallest absolute Gasteiger partial charge is 0.0990 e. The predicted molar refractivity (Wildman–Crippen MR) is 47.4 cm³/mol. The topological polar surface area (TPSA) is 25.8 Å². The van der Waals surface area contributed by atoms with Crippen molar-refractivity contribution < 1.29 is 0 Å². The molecule has 0 spiro atoms. The lowest BCUT2D eigenvalue weighted by Crippen LogP contribution is -1.93. The van der Waals surface area contributed by atoms with Gasteiger partial charge in [-0.2, -0.15) is 0 Å². The molecule has 56 valence electrons. The van der Waals surface area contributed by atoms with Crippen LogP contribution in [0.3, 0.4) is 0 Å². The number of rotatable bonds is 0. The highest BCUT2D eigenvalue weighted by Crippen LogP contribution is 2.28. The highest BCUT2D eigenvalue weighted by atomic mass is 79.9. The first-order valence-electron chi connectivity index (χ1n) is 3.46. The summed E-state index contributed by atoms with van der Waals surface area (Å²) in [5.74, 6) is 0. The molecule has 1 heterocycles. The highest BCUT2D eigenvalue weighted by Gasteiger charge is 2.13. The normalized spacial score (nSPS) is 14.5. The monoisotopic (exact) mass is 210 g/mol. The molecule has 11 heavy (non-hydrogen) atoms. The lowest BCUT2D eigenvalue weighted by molar-refractivity contribution is 1.03. The molecule has 0 aliphatic heterocycles. The highest BCUT2D eigenvalue weighted by molar-refractivity contribution is 9.15. The van der Waals surface area contributed by atoms with Crippen LogP contribution >= 0.6 is 15.9 Å². The van der Waals surface area contributed by atoms with E-state index in [1.807, 2.05) is 6.92 Å². The summed E-state index contributed by atoms with van der Waals surface area (Å²) in [6.07, 6.45) is 4.80. The van der Waals surface area contributed by atoms with Crippen LogP contribution in [0.4, 0.5) is 0 Å². The van der Waals surface area contributed by atoms with Gasteiger partial charge in [-0.1, -0.05) is 6.08 Å². The number of fused-ring (bicyclic) bond motifs is 1. The van der Waals surface area contributed by atoms with Crippen LogP contribution in [0.1, 0.15) is 17.1 Å². The van der Waals surface area contributed by atoms with Crippen molar-refractivity contribution >= 4 is 20.4 Å². The first-order valence-corrected chi connectivity index (χ1v) is 4.25. The van der Waals surface area contributed by atoms with Crippen LogP contribution in [0, 0.1) is 6.92 Å². The van der Waals surface area contributed by atoms with Crippen LogP contribution in [-0.4, -0.2) is 9.97 Å². The Bertz CT molecular complexity index is 331. The maximum absolute atomic E-state index is 4.36. The Morgan fingerprint density at radius 1 is 1.55 bits per heavy atom. The molecule has 0 aromatic carbocycles. The summed E-state index contributed by atoms with van der Waals surface area (Å²) >= 11 is 3.43. The van der Waals surface area contributed by atoms with Crippen molar-refractivity contribution in [1.29, 1.82) is 0 Å². The molecule has 0 fully saturated rings. The van der Waals surface area contributed by atoms with Gasteiger partial charge in [0.15, 0.2) is 0 Å². The lowest BCUT2D eigenvalue weighted by Gasteiger charge is -1.98. The zero-order valence-corrected chi connectivity index (χ0v) is 7.72. The molecule has 0 unspecified atom stereocenters. The maximum atomic E-state index is 4.36. The molecule has 0 saturated heterocycles. The SMILES string of the molecule is Cc1cnc2c(n1)C(Br)=CC2. The van der Waals surface area contributed by atoms with Crippen molar-refractivity contribution in [2.75, 3.05) is 0 Å². The third-order valence-electron chi connectivity index (χ3n) is 1.67. The van der Waals surface area contributed by atoms with E-state index in [9.17, 15) is 0 Å². The van der Waals surface area contributed by atoms with E-state index in [0.29, 0.717) is 0 Å². The fourth-order valence-corrected chi connectivity index (χ4v) is 1.61. The number of hydrogen-bond donors (Lipinski definition) is 0. The van der Waals surface area contributed by atoms with E-state index in [4.69, 9.17) is 0 Å². The maximum Gasteiger partial charge on any atom is 0.0990 e. The van der Waals surface area contributed by atoms with Gasteiger partial charge in [-0.25, -0.2) is 4.98 Å². The fourth-order valence-electron chi connectivity index (χ4n) is 1.13. The van der Waals surface area contributed by atoms with Gasteiger partial charge in [-0.05, 0) is 22.9 Å². The second-order valence-electron chi connectivity index (χ2n) is 2.56. The van der Waals surface area contributed by atoms with Crippen LogP contribution in [0.2, 0.25) is 0 Å². The van der Waals surface area contributed by atoms with E-state index in [0.717, 1.165) is 28.0 Å². The minimum Gasteiger partial charge on any atom is -0.257 e. The Morgan fingerprint density at radius 2 is 2.36 bits per heavy atom. The number of hydrogen-bond acceptors (Lipinski definition) is 2. The Labute approximate surface area is 73.5 Å². The lowest BCUT2D eigenvalue weighted by atomic mass is 10.3. The number of nitrogens with zero attached hydrogens (tertiary/aromatic N) is 2. The predicted octanol–water partition coefficient (Wildman–Crippen LogP) is 2.08. The summed E-state index contributed by atoms with van der Waals surface area (Å²) in [6.45, 7) is 1.95. The molecule has 0 saturated carbocycles. The first kappa shape index (κ1) is 6.98. The summed E-state index contributed by atoms with van der Waals surface area (Å²) in [5, 5.41) is 0. The molecule has 1 aliphatic carbocycles. The summed E-state index contributed by atoms with van der Waals surface area (Å²) in [4.78, 5) is 8.62. The Kier molecular flexibility index (Phi) is 1.53. The zero-order chi connectivity index (χ0) is 7.84.